The second-order valence-electron chi connectivity index (χ2n) is 13.3. The topological polar surface area (TPSA) is 172 Å². The molecule has 2 heterocycles. The van der Waals surface area contributed by atoms with E-state index in [4.69, 9.17) is 33.2 Å². The highest BCUT2D eigenvalue weighted by Crippen LogP contribution is 2.30. The number of hydrogen-bond donors (Lipinski definition) is 1. The van der Waals surface area contributed by atoms with E-state index in [1.807, 2.05) is 6.92 Å². The average molecular weight is 757 g/mol. The smallest absolute Gasteiger partial charge is 0.253 e. The lowest BCUT2D eigenvalue weighted by atomic mass is 9.91. The number of methoxy groups -OCH3 is 1. The molecule has 304 valence electrons. The van der Waals surface area contributed by atoms with E-state index < -0.39 is 5.54 Å². The third-order valence-corrected chi connectivity index (χ3v) is 9.67. The molecule has 16 heteroatoms. The van der Waals surface area contributed by atoms with Crippen LogP contribution in [0.5, 0.6) is 0 Å². The number of hydrogen-bond acceptors (Lipinski definition) is 12. The largest absolute Gasteiger partial charge is 0.379 e. The average Bonchev–Trinajstić information content (AvgIpc) is 3.71. The Labute approximate surface area is 315 Å². The molecule has 0 radical (unpaired) electrons. The van der Waals surface area contributed by atoms with E-state index in [1.54, 1.807) is 30.9 Å². The highest BCUT2D eigenvalue weighted by molar-refractivity contribution is 6.12. The van der Waals surface area contributed by atoms with Crippen LogP contribution in [0.1, 0.15) is 59.8 Å². The second kappa shape index (κ2) is 25.9. The van der Waals surface area contributed by atoms with E-state index >= 15 is 0 Å². The quantitative estimate of drug-likeness (QED) is 0.0822. The Bertz CT molecular complexity index is 1130. The predicted octanol–water partition coefficient (Wildman–Crippen LogP) is 1.20. The van der Waals surface area contributed by atoms with Gasteiger partial charge in [0.2, 0.25) is 17.7 Å². The molecule has 0 aromatic heterocycles. The molecule has 2 aliphatic heterocycles. The molecule has 3 unspecified atom stereocenters. The Morgan fingerprint density at radius 1 is 0.811 bits per heavy atom. The van der Waals surface area contributed by atoms with Gasteiger partial charge in [0.25, 0.3) is 11.8 Å². The van der Waals surface area contributed by atoms with Crippen LogP contribution >= 0.6 is 0 Å². The van der Waals surface area contributed by atoms with Gasteiger partial charge < -0.3 is 48.3 Å². The summed E-state index contributed by atoms with van der Waals surface area (Å²) in [6.07, 6.45) is 5.41. The Hall–Kier alpha value is -2.99. The first-order chi connectivity index (χ1) is 25.5. The Kier molecular flexibility index (Phi) is 22.6. The number of nitrogens with one attached hydrogen (secondary N) is 1. The van der Waals surface area contributed by atoms with Gasteiger partial charge in [-0.15, -0.1) is 0 Å². The molecule has 0 aliphatic carbocycles. The van der Waals surface area contributed by atoms with Crippen LogP contribution in [0.3, 0.4) is 0 Å². The van der Waals surface area contributed by atoms with E-state index in [2.05, 4.69) is 19.2 Å². The first kappa shape index (κ1) is 46.2. The van der Waals surface area contributed by atoms with Crippen molar-refractivity contribution in [1.82, 2.24) is 20.0 Å². The Morgan fingerprint density at radius 3 is 1.77 bits per heavy atom. The van der Waals surface area contributed by atoms with Gasteiger partial charge in [-0.2, -0.15) is 0 Å². The lowest BCUT2D eigenvalue weighted by Gasteiger charge is -2.38. The molecule has 5 amide bonds. The SMILES string of the molecule is CCC(C)C(C(CC)OC)N(C)C(=O)CNC(=O)[C@]1(C)CCCN1C(=O)CCOCCOCCOCCOCCOCCOCCN1C(=O)C=CC1=O. The minimum Gasteiger partial charge on any atom is -0.379 e. The minimum atomic E-state index is -1.02. The highest BCUT2D eigenvalue weighted by Gasteiger charge is 2.45. The van der Waals surface area contributed by atoms with Crippen LogP contribution in [0, 0.1) is 5.92 Å². The summed E-state index contributed by atoms with van der Waals surface area (Å²) in [5.41, 5.74) is -1.02. The summed E-state index contributed by atoms with van der Waals surface area (Å²) < 4.78 is 38.5. The standard InChI is InChI=1S/C37H64N4O12/c1-7-29(3)35(30(8-2)47-6)39(5)34(45)28-38-36(46)37(4)13-9-14-41(37)33(44)12-16-48-18-20-50-22-24-52-26-27-53-25-23-51-21-19-49-17-15-40-31(42)10-11-32(40)43/h10-11,29-30,35H,7-9,12-28H2,1-6H3,(H,38,46)/t29?,30?,35?,37-/m0/s1. The number of ether oxygens (including phenoxy) is 7. The Morgan fingerprint density at radius 2 is 1.30 bits per heavy atom. The number of amides is 5. The monoisotopic (exact) mass is 756 g/mol. The maximum absolute atomic E-state index is 13.3. The lowest BCUT2D eigenvalue weighted by Crippen LogP contribution is -2.57. The normalized spacial score (nSPS) is 18.8. The van der Waals surface area contributed by atoms with Crippen LogP contribution in [0.15, 0.2) is 12.2 Å². The van der Waals surface area contributed by atoms with E-state index in [0.29, 0.717) is 85.5 Å². The van der Waals surface area contributed by atoms with Gasteiger partial charge in [0, 0.05) is 32.9 Å². The molecule has 1 fully saturated rings. The first-order valence-electron chi connectivity index (χ1n) is 18.9. The molecule has 0 spiro atoms. The zero-order valence-electron chi connectivity index (χ0n) is 32.8. The van der Waals surface area contributed by atoms with Crippen LogP contribution in [-0.2, 0) is 57.1 Å². The zero-order chi connectivity index (χ0) is 39.1. The number of carbonyl (C=O) groups excluding carboxylic acids is 5. The fourth-order valence-electron chi connectivity index (χ4n) is 6.33. The number of likely N-dealkylation sites (N-methyl/N-ethyl adjacent to an activating group) is 1. The molecule has 1 N–H and O–H groups in total. The summed E-state index contributed by atoms with van der Waals surface area (Å²) >= 11 is 0. The summed E-state index contributed by atoms with van der Waals surface area (Å²) in [5.74, 6) is -1.11. The summed E-state index contributed by atoms with van der Waals surface area (Å²) in [6, 6.07) is -0.109. The lowest BCUT2D eigenvalue weighted by molar-refractivity contribution is -0.146. The van der Waals surface area contributed by atoms with Crippen molar-refractivity contribution in [2.75, 3.05) is 113 Å². The molecule has 0 aromatic rings. The van der Waals surface area contributed by atoms with E-state index in [9.17, 15) is 24.0 Å². The van der Waals surface area contributed by atoms with Crippen LogP contribution in [-0.4, -0.2) is 175 Å². The fraction of sp³-hybridized carbons (Fsp3) is 0.811. The molecule has 4 atom stereocenters. The summed E-state index contributed by atoms with van der Waals surface area (Å²) in [6.45, 7) is 12.9. The van der Waals surface area contributed by atoms with Gasteiger partial charge in [-0.1, -0.05) is 27.2 Å². The van der Waals surface area contributed by atoms with Crippen molar-refractivity contribution in [1.29, 1.82) is 0 Å². The summed E-state index contributed by atoms with van der Waals surface area (Å²) in [4.78, 5) is 66.8. The maximum atomic E-state index is 13.3. The summed E-state index contributed by atoms with van der Waals surface area (Å²) in [7, 11) is 3.41. The van der Waals surface area contributed by atoms with E-state index in [1.165, 1.54) is 12.2 Å². The molecular formula is C37H64N4O12. The van der Waals surface area contributed by atoms with Crippen molar-refractivity contribution in [3.05, 3.63) is 12.2 Å². The van der Waals surface area contributed by atoms with Crippen molar-refractivity contribution in [2.45, 2.75) is 77.5 Å². The molecular weight excluding hydrogens is 692 g/mol. The van der Waals surface area contributed by atoms with E-state index in [-0.39, 0.29) is 80.3 Å². The predicted molar refractivity (Wildman–Crippen MR) is 195 cm³/mol. The summed E-state index contributed by atoms with van der Waals surface area (Å²) in [5, 5.41) is 2.80. The van der Waals surface area contributed by atoms with Crippen LogP contribution in [0.25, 0.3) is 0 Å². The fourth-order valence-corrected chi connectivity index (χ4v) is 6.33. The van der Waals surface area contributed by atoms with Crippen molar-refractivity contribution in [2.24, 2.45) is 5.92 Å². The van der Waals surface area contributed by atoms with Crippen LogP contribution in [0.2, 0.25) is 0 Å². The number of nitrogens with zero attached hydrogens (tertiary/aromatic N) is 3. The third kappa shape index (κ3) is 15.7. The molecule has 2 rings (SSSR count). The minimum absolute atomic E-state index is 0.104. The molecule has 0 saturated carbocycles. The van der Waals surface area contributed by atoms with Crippen molar-refractivity contribution in [3.8, 4) is 0 Å². The molecule has 0 bridgehead atoms. The van der Waals surface area contributed by atoms with Gasteiger partial charge >= 0.3 is 0 Å². The third-order valence-electron chi connectivity index (χ3n) is 9.67. The maximum Gasteiger partial charge on any atom is 0.253 e. The zero-order valence-corrected chi connectivity index (χ0v) is 32.8. The number of likely N-dealkylation sites (tertiary alicyclic amines) is 1. The van der Waals surface area contributed by atoms with Gasteiger partial charge in [0.1, 0.15) is 5.54 Å². The molecule has 2 aliphatic rings. The van der Waals surface area contributed by atoms with Crippen LogP contribution in [0.4, 0.5) is 0 Å². The van der Waals surface area contributed by atoms with Gasteiger partial charge in [-0.3, -0.25) is 28.9 Å². The van der Waals surface area contributed by atoms with Gasteiger partial charge in [-0.05, 0) is 32.1 Å². The van der Waals surface area contributed by atoms with Crippen molar-refractivity contribution < 1.29 is 57.1 Å². The van der Waals surface area contributed by atoms with Crippen molar-refractivity contribution >= 4 is 29.5 Å². The van der Waals surface area contributed by atoms with Crippen LogP contribution < -0.4 is 5.32 Å². The highest BCUT2D eigenvalue weighted by atomic mass is 16.6. The van der Waals surface area contributed by atoms with Gasteiger partial charge in [-0.25, -0.2) is 0 Å². The Balaban J connectivity index is 1.47. The van der Waals surface area contributed by atoms with Gasteiger partial charge in [0.05, 0.1) is 111 Å². The molecule has 0 aromatic carbocycles. The van der Waals surface area contributed by atoms with Crippen molar-refractivity contribution in [3.63, 3.8) is 0 Å². The molecule has 16 nitrogen and oxygen atoms in total. The first-order valence-corrected chi connectivity index (χ1v) is 18.9. The number of imide groups is 1. The number of carbonyl (C=O) groups is 5. The number of rotatable bonds is 30. The molecule has 1 saturated heterocycles. The van der Waals surface area contributed by atoms with Gasteiger partial charge in [0.15, 0.2) is 0 Å². The molecule has 53 heavy (non-hydrogen) atoms. The van der Waals surface area contributed by atoms with E-state index in [0.717, 1.165) is 17.7 Å². The second-order valence-corrected chi connectivity index (χ2v) is 13.3.